The van der Waals surface area contributed by atoms with Crippen molar-refractivity contribution < 1.29 is 18.0 Å². The SMILES string of the molecule is CCCNC(=O)C(CC)N(Cc1ccc(C)cc1)C(=O)CN(c1cccc(Cl)c1)S(=O)(=O)c1ccc(C)cc1. The van der Waals surface area contributed by atoms with Gasteiger partial charge in [0, 0.05) is 18.1 Å². The largest absolute Gasteiger partial charge is 0.354 e. The highest BCUT2D eigenvalue weighted by molar-refractivity contribution is 7.92. The number of carbonyl (C=O) groups excluding carboxylic acids is 2. The third-order valence-corrected chi connectivity index (χ3v) is 8.42. The number of anilines is 1. The summed E-state index contributed by atoms with van der Waals surface area (Å²) in [7, 11) is -4.13. The highest BCUT2D eigenvalue weighted by atomic mass is 35.5. The fourth-order valence-corrected chi connectivity index (χ4v) is 5.76. The van der Waals surface area contributed by atoms with Gasteiger partial charge in [-0.15, -0.1) is 0 Å². The second-order valence-electron chi connectivity index (χ2n) is 9.53. The second-order valence-corrected chi connectivity index (χ2v) is 11.8. The summed E-state index contributed by atoms with van der Waals surface area (Å²) in [5.41, 5.74) is 3.08. The molecule has 0 aliphatic carbocycles. The average Bonchev–Trinajstić information content (AvgIpc) is 2.91. The van der Waals surface area contributed by atoms with Gasteiger partial charge in [-0.3, -0.25) is 13.9 Å². The summed E-state index contributed by atoms with van der Waals surface area (Å²) < 4.78 is 28.8. The predicted octanol–water partition coefficient (Wildman–Crippen LogP) is 5.49. The minimum atomic E-state index is -4.13. The summed E-state index contributed by atoms with van der Waals surface area (Å²) in [6.45, 7) is 7.77. The number of carbonyl (C=O) groups is 2. The molecule has 9 heteroatoms. The van der Waals surface area contributed by atoms with Crippen LogP contribution in [0.3, 0.4) is 0 Å². The Hall–Kier alpha value is -3.36. The normalized spacial score (nSPS) is 12.0. The van der Waals surface area contributed by atoms with E-state index < -0.39 is 28.5 Å². The highest BCUT2D eigenvalue weighted by Gasteiger charge is 2.33. The maximum absolute atomic E-state index is 14.0. The molecule has 0 saturated carbocycles. The van der Waals surface area contributed by atoms with Crippen molar-refractivity contribution in [1.82, 2.24) is 10.2 Å². The maximum atomic E-state index is 14.0. The van der Waals surface area contributed by atoms with Crippen LogP contribution in [0.2, 0.25) is 5.02 Å². The first-order valence-corrected chi connectivity index (χ1v) is 14.9. The zero-order valence-electron chi connectivity index (χ0n) is 22.9. The number of benzene rings is 3. The molecule has 2 amide bonds. The number of halogens is 1. The van der Waals surface area contributed by atoms with Crippen molar-refractivity contribution in [2.45, 2.75) is 58.0 Å². The van der Waals surface area contributed by atoms with E-state index in [-0.39, 0.29) is 23.0 Å². The summed E-state index contributed by atoms with van der Waals surface area (Å²) >= 11 is 6.22. The molecule has 0 aromatic heterocycles. The van der Waals surface area contributed by atoms with Crippen LogP contribution in [0.4, 0.5) is 5.69 Å². The quantitative estimate of drug-likeness (QED) is 0.313. The predicted molar refractivity (Wildman–Crippen MR) is 156 cm³/mol. The van der Waals surface area contributed by atoms with Gasteiger partial charge in [0.05, 0.1) is 10.6 Å². The standard InChI is InChI=1S/C30H36ClN3O4S/c1-5-18-32-30(36)28(6-2)33(20-24-14-10-22(3)11-15-24)29(35)21-34(26-9-7-8-25(31)19-26)39(37,38)27-16-12-23(4)13-17-27/h7-17,19,28H,5-6,18,20-21H2,1-4H3,(H,32,36). The number of hydrogen-bond donors (Lipinski definition) is 1. The van der Waals surface area contributed by atoms with E-state index in [1.807, 2.05) is 52.0 Å². The van der Waals surface area contributed by atoms with E-state index >= 15 is 0 Å². The Kier molecular flexibility index (Phi) is 10.5. The van der Waals surface area contributed by atoms with Crippen molar-refractivity contribution in [3.8, 4) is 0 Å². The minimum absolute atomic E-state index is 0.0543. The zero-order valence-corrected chi connectivity index (χ0v) is 24.4. The van der Waals surface area contributed by atoms with Gasteiger partial charge in [0.15, 0.2) is 0 Å². The lowest BCUT2D eigenvalue weighted by atomic mass is 10.1. The summed E-state index contributed by atoms with van der Waals surface area (Å²) in [5, 5.41) is 3.22. The zero-order chi connectivity index (χ0) is 28.6. The molecular weight excluding hydrogens is 534 g/mol. The number of sulfonamides is 1. The Morgan fingerprint density at radius 2 is 1.54 bits per heavy atom. The summed E-state index contributed by atoms with van der Waals surface area (Å²) in [4.78, 5) is 28.6. The van der Waals surface area contributed by atoms with Crippen LogP contribution in [0.1, 0.15) is 43.4 Å². The van der Waals surface area contributed by atoms with Crippen LogP contribution in [-0.4, -0.2) is 44.3 Å². The van der Waals surface area contributed by atoms with Crippen LogP contribution >= 0.6 is 11.6 Å². The summed E-state index contributed by atoms with van der Waals surface area (Å²) in [6, 6.07) is 19.8. The number of hydrogen-bond acceptors (Lipinski definition) is 4. The Morgan fingerprint density at radius 3 is 2.10 bits per heavy atom. The van der Waals surface area contributed by atoms with E-state index in [1.54, 1.807) is 30.3 Å². The molecule has 1 atom stereocenters. The molecule has 0 fully saturated rings. The van der Waals surface area contributed by atoms with Crippen molar-refractivity contribution in [3.63, 3.8) is 0 Å². The molecule has 1 N–H and O–H groups in total. The smallest absolute Gasteiger partial charge is 0.264 e. The van der Waals surface area contributed by atoms with Gasteiger partial charge in [0.2, 0.25) is 11.8 Å². The van der Waals surface area contributed by atoms with Crippen molar-refractivity contribution >= 4 is 39.1 Å². The maximum Gasteiger partial charge on any atom is 0.264 e. The molecule has 0 aliphatic rings. The molecular formula is C30H36ClN3O4S. The summed E-state index contributed by atoms with van der Waals surface area (Å²) in [5.74, 6) is -0.764. The second kappa shape index (κ2) is 13.6. The van der Waals surface area contributed by atoms with Gasteiger partial charge in [0.25, 0.3) is 10.0 Å². The number of nitrogens with one attached hydrogen (secondary N) is 1. The molecule has 7 nitrogen and oxygen atoms in total. The molecule has 0 radical (unpaired) electrons. The third-order valence-electron chi connectivity index (χ3n) is 6.39. The Balaban J connectivity index is 2.04. The Morgan fingerprint density at radius 1 is 0.923 bits per heavy atom. The fourth-order valence-electron chi connectivity index (χ4n) is 4.17. The molecule has 0 heterocycles. The molecule has 1 unspecified atom stereocenters. The van der Waals surface area contributed by atoms with Crippen molar-refractivity contribution in [2.24, 2.45) is 0 Å². The van der Waals surface area contributed by atoms with Crippen LogP contribution in [0, 0.1) is 13.8 Å². The third kappa shape index (κ3) is 7.83. The Bertz CT molecular complexity index is 1380. The molecule has 3 aromatic carbocycles. The number of amides is 2. The fraction of sp³-hybridized carbons (Fsp3) is 0.333. The highest BCUT2D eigenvalue weighted by Crippen LogP contribution is 2.27. The number of aryl methyl sites for hydroxylation is 2. The molecule has 0 aliphatic heterocycles. The van der Waals surface area contributed by atoms with Crippen molar-refractivity contribution in [1.29, 1.82) is 0 Å². The molecule has 0 bridgehead atoms. The minimum Gasteiger partial charge on any atom is -0.354 e. The summed E-state index contributed by atoms with van der Waals surface area (Å²) in [6.07, 6.45) is 1.13. The molecule has 0 saturated heterocycles. The first kappa shape index (κ1) is 30.2. The van der Waals surface area contributed by atoms with Gasteiger partial charge in [-0.1, -0.05) is 79.0 Å². The van der Waals surface area contributed by atoms with Crippen LogP contribution in [0.25, 0.3) is 0 Å². The molecule has 3 aromatic rings. The van der Waals surface area contributed by atoms with E-state index in [1.165, 1.54) is 23.1 Å². The van der Waals surface area contributed by atoms with E-state index in [0.717, 1.165) is 27.4 Å². The molecule has 3 rings (SSSR count). The average molecular weight is 570 g/mol. The first-order chi connectivity index (χ1) is 18.6. The molecule has 208 valence electrons. The van der Waals surface area contributed by atoms with E-state index in [2.05, 4.69) is 5.32 Å². The topological polar surface area (TPSA) is 86.8 Å². The van der Waals surface area contributed by atoms with Crippen molar-refractivity contribution in [3.05, 3.63) is 94.5 Å². The van der Waals surface area contributed by atoms with Crippen molar-refractivity contribution in [2.75, 3.05) is 17.4 Å². The number of nitrogens with zero attached hydrogens (tertiary/aromatic N) is 2. The monoisotopic (exact) mass is 569 g/mol. The number of rotatable bonds is 12. The lowest BCUT2D eigenvalue weighted by Crippen LogP contribution is -2.52. The van der Waals surface area contributed by atoms with Gasteiger partial charge in [-0.05, 0) is 62.6 Å². The Labute approximate surface area is 236 Å². The lowest BCUT2D eigenvalue weighted by Gasteiger charge is -2.33. The van der Waals surface area contributed by atoms with E-state index in [9.17, 15) is 18.0 Å². The van der Waals surface area contributed by atoms with Gasteiger partial charge >= 0.3 is 0 Å². The lowest BCUT2D eigenvalue weighted by molar-refractivity contribution is -0.140. The molecule has 39 heavy (non-hydrogen) atoms. The van der Waals surface area contributed by atoms with Gasteiger partial charge in [-0.25, -0.2) is 8.42 Å². The van der Waals surface area contributed by atoms with Crippen LogP contribution < -0.4 is 9.62 Å². The van der Waals surface area contributed by atoms with Gasteiger partial charge in [0.1, 0.15) is 12.6 Å². The first-order valence-electron chi connectivity index (χ1n) is 13.0. The van der Waals surface area contributed by atoms with Crippen LogP contribution in [0.15, 0.2) is 77.7 Å². The molecule has 0 spiro atoms. The van der Waals surface area contributed by atoms with E-state index in [0.29, 0.717) is 18.0 Å². The van der Waals surface area contributed by atoms with Gasteiger partial charge < -0.3 is 10.2 Å². The van der Waals surface area contributed by atoms with Crippen LogP contribution in [-0.2, 0) is 26.2 Å². The van der Waals surface area contributed by atoms with Crippen LogP contribution in [0.5, 0.6) is 0 Å². The van der Waals surface area contributed by atoms with Gasteiger partial charge in [-0.2, -0.15) is 0 Å². The van der Waals surface area contributed by atoms with E-state index in [4.69, 9.17) is 11.6 Å².